The van der Waals surface area contributed by atoms with Crippen molar-refractivity contribution in [1.29, 1.82) is 0 Å². The number of carbonyl (C=O) groups is 1. The number of piperidine rings is 1. The van der Waals surface area contributed by atoms with Crippen molar-refractivity contribution >= 4 is 5.97 Å². The highest BCUT2D eigenvalue weighted by Crippen LogP contribution is 2.18. The molecule has 12 heavy (non-hydrogen) atoms. The molecule has 0 amide bonds. The van der Waals surface area contributed by atoms with Gasteiger partial charge in [-0.05, 0) is 18.9 Å². The van der Waals surface area contributed by atoms with Crippen LogP contribution in [-0.2, 0) is 9.53 Å². The summed E-state index contributed by atoms with van der Waals surface area (Å²) in [5, 5.41) is 12.2. The highest BCUT2D eigenvalue weighted by Gasteiger charge is 2.31. The normalized spacial score (nSPS) is 36.1. The van der Waals surface area contributed by atoms with E-state index < -0.39 is 12.3 Å². The molecular formula is C8H15NO3. The fourth-order valence-electron chi connectivity index (χ4n) is 1.42. The molecule has 3 unspecified atom stereocenters. The average molecular weight is 173 g/mol. The van der Waals surface area contributed by atoms with Crippen molar-refractivity contribution < 1.29 is 14.6 Å². The molecule has 0 aliphatic carbocycles. The van der Waals surface area contributed by atoms with Crippen LogP contribution in [0, 0.1) is 5.92 Å². The number of hydrogen-bond acceptors (Lipinski definition) is 4. The predicted molar refractivity (Wildman–Crippen MR) is 43.3 cm³/mol. The van der Waals surface area contributed by atoms with Crippen LogP contribution in [0.1, 0.15) is 20.3 Å². The highest BCUT2D eigenvalue weighted by molar-refractivity contribution is 5.66. The van der Waals surface area contributed by atoms with Crippen molar-refractivity contribution in [1.82, 2.24) is 5.32 Å². The van der Waals surface area contributed by atoms with Gasteiger partial charge in [-0.1, -0.05) is 6.92 Å². The number of hydrogen-bond donors (Lipinski definition) is 2. The molecule has 0 radical (unpaired) electrons. The Labute approximate surface area is 71.9 Å². The molecule has 1 rings (SSSR count). The Morgan fingerprint density at radius 1 is 1.67 bits per heavy atom. The molecule has 1 aliphatic rings. The molecule has 4 heteroatoms. The number of rotatable bonds is 1. The second kappa shape index (κ2) is 3.87. The first-order valence-corrected chi connectivity index (χ1v) is 4.20. The Balaban J connectivity index is 2.50. The zero-order chi connectivity index (χ0) is 9.14. The lowest BCUT2D eigenvalue weighted by Crippen LogP contribution is -2.50. The van der Waals surface area contributed by atoms with Gasteiger partial charge in [-0.15, -0.1) is 0 Å². The predicted octanol–water partition coefficient (Wildman–Crippen LogP) is -0.134. The maximum atomic E-state index is 10.6. The maximum Gasteiger partial charge on any atom is 0.303 e. The third-order valence-electron chi connectivity index (χ3n) is 2.13. The molecule has 1 fully saturated rings. The van der Waals surface area contributed by atoms with Crippen LogP contribution < -0.4 is 5.32 Å². The highest BCUT2D eigenvalue weighted by atomic mass is 16.6. The lowest BCUT2D eigenvalue weighted by molar-refractivity contribution is -0.161. The quantitative estimate of drug-likeness (QED) is 0.542. The molecule has 1 aliphatic heterocycles. The van der Waals surface area contributed by atoms with Gasteiger partial charge in [0.15, 0.2) is 0 Å². The van der Waals surface area contributed by atoms with Gasteiger partial charge >= 0.3 is 5.97 Å². The molecule has 1 heterocycles. The molecule has 0 aromatic heterocycles. The van der Waals surface area contributed by atoms with Crippen LogP contribution >= 0.6 is 0 Å². The summed E-state index contributed by atoms with van der Waals surface area (Å²) in [4.78, 5) is 10.6. The molecule has 0 saturated carbocycles. The Hall–Kier alpha value is -0.610. The van der Waals surface area contributed by atoms with Gasteiger partial charge in [-0.3, -0.25) is 10.1 Å². The standard InChI is InChI=1S/C8H15NO3/c1-5-3-4-9-8(11)7(5)12-6(2)10/h5,7-9,11H,3-4H2,1-2H3. The fraction of sp³-hybridized carbons (Fsp3) is 0.875. The molecule has 4 nitrogen and oxygen atoms in total. The second-order valence-electron chi connectivity index (χ2n) is 3.24. The number of aliphatic hydroxyl groups excluding tert-OH is 1. The second-order valence-corrected chi connectivity index (χ2v) is 3.24. The molecule has 2 N–H and O–H groups in total. The van der Waals surface area contributed by atoms with Crippen LogP contribution in [0.3, 0.4) is 0 Å². The van der Waals surface area contributed by atoms with Crippen LogP contribution in [0.4, 0.5) is 0 Å². The molecule has 0 aromatic carbocycles. The van der Waals surface area contributed by atoms with E-state index in [1.165, 1.54) is 6.92 Å². The number of nitrogens with one attached hydrogen (secondary N) is 1. The van der Waals surface area contributed by atoms with Gasteiger partial charge in [-0.25, -0.2) is 0 Å². The molecule has 1 saturated heterocycles. The van der Waals surface area contributed by atoms with E-state index in [9.17, 15) is 9.90 Å². The first-order valence-electron chi connectivity index (χ1n) is 4.20. The van der Waals surface area contributed by atoms with E-state index in [4.69, 9.17) is 4.74 Å². The Bertz CT molecular complexity index is 162. The number of carbonyl (C=O) groups excluding carboxylic acids is 1. The average Bonchev–Trinajstić information content (AvgIpc) is 1.97. The van der Waals surface area contributed by atoms with Crippen LogP contribution in [0.2, 0.25) is 0 Å². The van der Waals surface area contributed by atoms with Crippen molar-refractivity contribution in [3.05, 3.63) is 0 Å². The van der Waals surface area contributed by atoms with Crippen LogP contribution in [-0.4, -0.2) is 30.0 Å². The van der Waals surface area contributed by atoms with Gasteiger partial charge in [0.1, 0.15) is 12.3 Å². The van der Waals surface area contributed by atoms with Crippen molar-refractivity contribution in [2.45, 2.75) is 32.6 Å². The van der Waals surface area contributed by atoms with Gasteiger partial charge in [0.05, 0.1) is 0 Å². The van der Waals surface area contributed by atoms with E-state index in [1.54, 1.807) is 0 Å². The van der Waals surface area contributed by atoms with E-state index in [1.807, 2.05) is 6.92 Å². The molecule has 0 bridgehead atoms. The van der Waals surface area contributed by atoms with Crippen LogP contribution in [0.15, 0.2) is 0 Å². The monoisotopic (exact) mass is 173 g/mol. The molecule has 0 aromatic rings. The van der Waals surface area contributed by atoms with Gasteiger partial charge < -0.3 is 9.84 Å². The molecule has 70 valence electrons. The third-order valence-corrected chi connectivity index (χ3v) is 2.13. The summed E-state index contributed by atoms with van der Waals surface area (Å²) < 4.78 is 4.96. The summed E-state index contributed by atoms with van der Waals surface area (Å²) in [7, 11) is 0. The molecule has 3 atom stereocenters. The minimum atomic E-state index is -0.711. The largest absolute Gasteiger partial charge is 0.458 e. The van der Waals surface area contributed by atoms with Gasteiger partial charge in [0.2, 0.25) is 0 Å². The van der Waals surface area contributed by atoms with E-state index in [0.29, 0.717) is 0 Å². The topological polar surface area (TPSA) is 58.6 Å². The Morgan fingerprint density at radius 3 is 2.83 bits per heavy atom. The third kappa shape index (κ3) is 2.19. The van der Waals surface area contributed by atoms with E-state index in [-0.39, 0.29) is 11.9 Å². The molecule has 0 spiro atoms. The van der Waals surface area contributed by atoms with Gasteiger partial charge in [0.25, 0.3) is 0 Å². The van der Waals surface area contributed by atoms with E-state index >= 15 is 0 Å². The minimum absolute atomic E-state index is 0.227. The number of aliphatic hydroxyl groups is 1. The number of esters is 1. The Morgan fingerprint density at radius 2 is 2.33 bits per heavy atom. The zero-order valence-corrected chi connectivity index (χ0v) is 7.41. The summed E-state index contributed by atoms with van der Waals surface area (Å²) in [6, 6.07) is 0. The summed E-state index contributed by atoms with van der Waals surface area (Å²) in [6.07, 6.45) is -0.177. The van der Waals surface area contributed by atoms with Crippen LogP contribution in [0.25, 0.3) is 0 Å². The van der Waals surface area contributed by atoms with Crippen LogP contribution in [0.5, 0.6) is 0 Å². The van der Waals surface area contributed by atoms with Crippen molar-refractivity contribution in [3.8, 4) is 0 Å². The lowest BCUT2D eigenvalue weighted by Gasteiger charge is -2.33. The van der Waals surface area contributed by atoms with Gasteiger partial charge in [-0.2, -0.15) is 0 Å². The summed E-state index contributed by atoms with van der Waals surface area (Å²) in [6.45, 7) is 4.10. The SMILES string of the molecule is CC(=O)OC1C(C)CCNC1O. The van der Waals surface area contributed by atoms with Crippen molar-refractivity contribution in [2.24, 2.45) is 5.92 Å². The summed E-state index contributed by atoms with van der Waals surface area (Å²) in [5.74, 6) is -0.111. The first kappa shape index (κ1) is 9.48. The zero-order valence-electron chi connectivity index (χ0n) is 7.41. The van der Waals surface area contributed by atoms with Gasteiger partial charge in [0, 0.05) is 6.92 Å². The first-order chi connectivity index (χ1) is 5.61. The maximum absolute atomic E-state index is 10.6. The van der Waals surface area contributed by atoms with Crippen molar-refractivity contribution in [2.75, 3.05) is 6.54 Å². The molecular weight excluding hydrogens is 158 g/mol. The summed E-state index contributed by atoms with van der Waals surface area (Å²) >= 11 is 0. The smallest absolute Gasteiger partial charge is 0.303 e. The minimum Gasteiger partial charge on any atom is -0.458 e. The summed E-state index contributed by atoms with van der Waals surface area (Å²) in [5.41, 5.74) is 0. The van der Waals surface area contributed by atoms with E-state index in [0.717, 1.165) is 13.0 Å². The lowest BCUT2D eigenvalue weighted by atomic mass is 9.96. The number of ether oxygens (including phenoxy) is 1. The van der Waals surface area contributed by atoms with E-state index in [2.05, 4.69) is 5.32 Å². The van der Waals surface area contributed by atoms with Crippen molar-refractivity contribution in [3.63, 3.8) is 0 Å². The Kier molecular flexibility index (Phi) is 3.05. The fourth-order valence-corrected chi connectivity index (χ4v) is 1.42.